The first-order chi connectivity index (χ1) is 6.35. The summed E-state index contributed by atoms with van der Waals surface area (Å²) >= 11 is 0. The molecule has 13 heavy (non-hydrogen) atoms. The van der Waals surface area contributed by atoms with Gasteiger partial charge in [0.05, 0.1) is 13.2 Å². The maximum atomic E-state index is 5.22. The first-order valence-electron chi connectivity index (χ1n) is 4.70. The third-order valence-corrected chi connectivity index (χ3v) is 1.71. The Hall–Kier alpha value is -1.00. The first-order valence-corrected chi connectivity index (χ1v) is 4.70. The van der Waals surface area contributed by atoms with Crippen molar-refractivity contribution in [3.8, 4) is 0 Å². The molecule has 1 heteroatoms. The fourth-order valence-electron chi connectivity index (χ4n) is 0.885. The first kappa shape index (κ1) is 12.0. The molecule has 0 saturated heterocycles. The van der Waals surface area contributed by atoms with Crippen LogP contribution in [0.1, 0.15) is 26.7 Å². The molecule has 1 nitrogen and oxygen atoms in total. The van der Waals surface area contributed by atoms with Crippen LogP contribution in [0.15, 0.2) is 35.8 Å². The molecule has 0 aromatic carbocycles. The minimum absolute atomic E-state index is 0.579. The Kier molecular flexibility index (Phi) is 8.39. The molecular weight excluding hydrogens is 160 g/mol. The van der Waals surface area contributed by atoms with E-state index in [2.05, 4.69) is 31.9 Å². The van der Waals surface area contributed by atoms with Crippen molar-refractivity contribution in [2.45, 2.75) is 26.7 Å². The van der Waals surface area contributed by atoms with Crippen molar-refractivity contribution < 1.29 is 4.74 Å². The quantitative estimate of drug-likeness (QED) is 0.448. The largest absolute Gasteiger partial charge is 0.372 e. The van der Waals surface area contributed by atoms with Gasteiger partial charge >= 0.3 is 0 Å². The van der Waals surface area contributed by atoms with Crippen LogP contribution in [0.3, 0.4) is 0 Å². The zero-order valence-electron chi connectivity index (χ0n) is 8.60. The predicted octanol–water partition coefficient (Wildman–Crippen LogP) is 3.25. The van der Waals surface area contributed by atoms with E-state index in [1.54, 1.807) is 6.08 Å². The maximum absolute atomic E-state index is 5.22. The van der Waals surface area contributed by atoms with Crippen LogP contribution in [0, 0.1) is 0 Å². The Labute approximate surface area is 81.1 Å². The fraction of sp³-hybridized carbons (Fsp3) is 0.500. The highest BCUT2D eigenvalue weighted by atomic mass is 16.5. The van der Waals surface area contributed by atoms with Crippen molar-refractivity contribution in [1.29, 1.82) is 0 Å². The molecule has 0 rings (SSSR count). The van der Waals surface area contributed by atoms with E-state index in [1.165, 1.54) is 5.57 Å². The SMILES string of the molecule is C=C=CCOCC=C=C(CC)CC. The van der Waals surface area contributed by atoms with Crippen LogP contribution in [-0.2, 0) is 4.74 Å². The molecule has 0 radical (unpaired) electrons. The Bertz CT molecular complexity index is 220. The minimum Gasteiger partial charge on any atom is -0.372 e. The van der Waals surface area contributed by atoms with E-state index < -0.39 is 0 Å². The molecular formula is C12H18O. The summed E-state index contributed by atoms with van der Waals surface area (Å²) in [5.41, 5.74) is 7.20. The second-order valence-corrected chi connectivity index (χ2v) is 2.60. The van der Waals surface area contributed by atoms with E-state index in [-0.39, 0.29) is 0 Å². The summed E-state index contributed by atoms with van der Waals surface area (Å²) in [6.07, 6.45) is 5.83. The molecule has 0 heterocycles. The van der Waals surface area contributed by atoms with Crippen molar-refractivity contribution in [3.63, 3.8) is 0 Å². The summed E-state index contributed by atoms with van der Waals surface area (Å²) < 4.78 is 5.22. The third kappa shape index (κ3) is 7.36. The highest BCUT2D eigenvalue weighted by molar-refractivity contribution is 5.00. The molecule has 0 aliphatic carbocycles. The van der Waals surface area contributed by atoms with Gasteiger partial charge in [-0.25, -0.2) is 0 Å². The van der Waals surface area contributed by atoms with Crippen LogP contribution in [-0.4, -0.2) is 13.2 Å². The van der Waals surface area contributed by atoms with Crippen molar-refractivity contribution in [3.05, 3.63) is 35.8 Å². The number of hydrogen-bond donors (Lipinski definition) is 0. The lowest BCUT2D eigenvalue weighted by atomic mass is 10.2. The Morgan fingerprint density at radius 2 is 1.85 bits per heavy atom. The Morgan fingerprint density at radius 3 is 2.38 bits per heavy atom. The van der Waals surface area contributed by atoms with Crippen LogP contribution in [0.4, 0.5) is 0 Å². The summed E-state index contributed by atoms with van der Waals surface area (Å²) in [6, 6.07) is 0. The van der Waals surface area contributed by atoms with E-state index in [4.69, 9.17) is 4.74 Å². The molecule has 0 aliphatic rings. The van der Waals surface area contributed by atoms with Gasteiger partial charge in [0.25, 0.3) is 0 Å². The van der Waals surface area contributed by atoms with Gasteiger partial charge in [-0.2, -0.15) is 0 Å². The molecule has 0 aromatic heterocycles. The van der Waals surface area contributed by atoms with Gasteiger partial charge in [-0.3, -0.25) is 0 Å². The number of hydrogen-bond acceptors (Lipinski definition) is 1. The van der Waals surface area contributed by atoms with Crippen LogP contribution >= 0.6 is 0 Å². The predicted molar refractivity (Wildman–Crippen MR) is 56.7 cm³/mol. The second kappa shape index (κ2) is 9.09. The zero-order chi connectivity index (χ0) is 9.94. The van der Waals surface area contributed by atoms with Crippen molar-refractivity contribution in [1.82, 2.24) is 0 Å². The monoisotopic (exact) mass is 178 g/mol. The molecule has 0 N–H and O–H groups in total. The van der Waals surface area contributed by atoms with E-state index in [0.29, 0.717) is 13.2 Å². The normalized spacial score (nSPS) is 8.46. The Morgan fingerprint density at radius 1 is 1.23 bits per heavy atom. The molecule has 0 unspecified atom stereocenters. The zero-order valence-corrected chi connectivity index (χ0v) is 8.60. The summed E-state index contributed by atoms with van der Waals surface area (Å²) in [6.45, 7) is 8.91. The number of rotatable bonds is 6. The highest BCUT2D eigenvalue weighted by Gasteiger charge is 1.84. The number of ether oxygens (including phenoxy) is 1. The van der Waals surface area contributed by atoms with Crippen LogP contribution < -0.4 is 0 Å². The third-order valence-electron chi connectivity index (χ3n) is 1.71. The highest BCUT2D eigenvalue weighted by Crippen LogP contribution is 2.01. The Balaban J connectivity index is 3.71. The molecule has 0 spiro atoms. The fourth-order valence-corrected chi connectivity index (χ4v) is 0.885. The molecule has 0 atom stereocenters. The summed E-state index contributed by atoms with van der Waals surface area (Å²) in [5.74, 6) is 0. The maximum Gasteiger partial charge on any atom is 0.0725 e. The molecule has 0 amide bonds. The molecule has 0 aliphatic heterocycles. The van der Waals surface area contributed by atoms with Gasteiger partial charge in [0.15, 0.2) is 0 Å². The van der Waals surface area contributed by atoms with Crippen LogP contribution in [0.25, 0.3) is 0 Å². The van der Waals surface area contributed by atoms with Crippen molar-refractivity contribution in [2.24, 2.45) is 0 Å². The van der Waals surface area contributed by atoms with Gasteiger partial charge in [-0.15, -0.1) is 11.5 Å². The second-order valence-electron chi connectivity index (χ2n) is 2.60. The van der Waals surface area contributed by atoms with Gasteiger partial charge in [0.2, 0.25) is 0 Å². The van der Waals surface area contributed by atoms with Gasteiger partial charge in [0, 0.05) is 0 Å². The van der Waals surface area contributed by atoms with Gasteiger partial charge < -0.3 is 4.74 Å². The van der Waals surface area contributed by atoms with E-state index in [0.717, 1.165) is 12.8 Å². The van der Waals surface area contributed by atoms with Crippen LogP contribution in [0.5, 0.6) is 0 Å². The van der Waals surface area contributed by atoms with Gasteiger partial charge in [0.1, 0.15) is 0 Å². The lowest BCUT2D eigenvalue weighted by molar-refractivity contribution is 0.194. The molecule has 0 fully saturated rings. The van der Waals surface area contributed by atoms with Crippen molar-refractivity contribution >= 4 is 0 Å². The standard InChI is InChI=1S/C12H18O/c1-4-7-10-13-11-8-9-12(5-2)6-3/h7-8H,1,5-6,10-11H2,2-3H3. The molecule has 72 valence electrons. The van der Waals surface area contributed by atoms with Gasteiger partial charge in [-0.1, -0.05) is 20.4 Å². The van der Waals surface area contributed by atoms with E-state index in [1.807, 2.05) is 6.08 Å². The van der Waals surface area contributed by atoms with Crippen molar-refractivity contribution in [2.75, 3.05) is 13.2 Å². The van der Waals surface area contributed by atoms with Crippen LogP contribution in [0.2, 0.25) is 0 Å². The van der Waals surface area contributed by atoms with Gasteiger partial charge in [-0.05, 0) is 30.6 Å². The smallest absolute Gasteiger partial charge is 0.0725 e. The molecule has 0 saturated carbocycles. The minimum atomic E-state index is 0.579. The lowest BCUT2D eigenvalue weighted by Gasteiger charge is -1.94. The summed E-state index contributed by atoms with van der Waals surface area (Å²) in [5, 5.41) is 0. The summed E-state index contributed by atoms with van der Waals surface area (Å²) in [7, 11) is 0. The van der Waals surface area contributed by atoms with E-state index in [9.17, 15) is 0 Å². The topological polar surface area (TPSA) is 9.23 Å². The lowest BCUT2D eigenvalue weighted by Crippen LogP contribution is -1.89. The van der Waals surface area contributed by atoms with E-state index >= 15 is 0 Å². The molecule has 0 bridgehead atoms. The average Bonchev–Trinajstić information content (AvgIpc) is 2.17. The average molecular weight is 178 g/mol. The molecule has 0 aromatic rings. The summed E-state index contributed by atoms with van der Waals surface area (Å²) in [4.78, 5) is 0.